The van der Waals surface area contributed by atoms with Crippen LogP contribution in [0.5, 0.6) is 23.0 Å². The molecular formula is C24H28O12. The third-order valence-electron chi connectivity index (χ3n) is 7.26. The molecule has 12 heteroatoms. The summed E-state index contributed by atoms with van der Waals surface area (Å²) in [5.41, 5.74) is -3.15. The van der Waals surface area contributed by atoms with Crippen molar-refractivity contribution in [1.82, 2.24) is 0 Å². The lowest BCUT2D eigenvalue weighted by Gasteiger charge is -2.45. The second-order valence-corrected chi connectivity index (χ2v) is 9.49. The van der Waals surface area contributed by atoms with Gasteiger partial charge in [-0.05, 0) is 42.3 Å². The summed E-state index contributed by atoms with van der Waals surface area (Å²) in [7, 11) is 0. The van der Waals surface area contributed by atoms with Crippen LogP contribution in [0.1, 0.15) is 30.3 Å². The highest BCUT2D eigenvalue weighted by Crippen LogP contribution is 2.59. The van der Waals surface area contributed by atoms with Crippen LogP contribution in [-0.2, 0) is 18.9 Å². The molecule has 3 fully saturated rings. The van der Waals surface area contributed by atoms with Gasteiger partial charge in [0.05, 0.1) is 19.3 Å². The van der Waals surface area contributed by atoms with Gasteiger partial charge in [0.25, 0.3) is 0 Å². The van der Waals surface area contributed by atoms with Gasteiger partial charge in [0, 0.05) is 0 Å². The Morgan fingerprint density at radius 1 is 0.750 bits per heavy atom. The van der Waals surface area contributed by atoms with Crippen LogP contribution in [0.4, 0.5) is 0 Å². The highest BCUT2D eigenvalue weighted by Gasteiger charge is 2.72. The molecular weight excluding hydrogens is 480 g/mol. The van der Waals surface area contributed by atoms with Crippen LogP contribution in [0, 0.1) is 0 Å². The van der Waals surface area contributed by atoms with E-state index >= 15 is 0 Å². The number of rotatable bonds is 4. The molecule has 9 atom stereocenters. The molecule has 0 amide bonds. The van der Waals surface area contributed by atoms with E-state index in [1.807, 2.05) is 0 Å². The maximum absolute atomic E-state index is 12.0. The molecule has 0 aromatic heterocycles. The van der Waals surface area contributed by atoms with Crippen LogP contribution in [0.2, 0.25) is 0 Å². The van der Waals surface area contributed by atoms with Gasteiger partial charge in [0.15, 0.2) is 40.5 Å². The lowest BCUT2D eigenvalue weighted by atomic mass is 9.76. The Morgan fingerprint density at radius 2 is 1.31 bits per heavy atom. The second-order valence-electron chi connectivity index (χ2n) is 9.49. The average Bonchev–Trinajstić information content (AvgIpc) is 3.28. The van der Waals surface area contributed by atoms with Crippen molar-refractivity contribution < 1.29 is 59.8 Å². The number of hydrogen-bond acceptors (Lipinski definition) is 12. The van der Waals surface area contributed by atoms with Gasteiger partial charge < -0.3 is 59.8 Å². The van der Waals surface area contributed by atoms with Crippen molar-refractivity contribution in [3.05, 3.63) is 47.5 Å². The van der Waals surface area contributed by atoms with Crippen molar-refractivity contribution in [2.24, 2.45) is 0 Å². The van der Waals surface area contributed by atoms with Gasteiger partial charge in [-0.25, -0.2) is 0 Å². The number of aliphatic hydroxyl groups excluding tert-OH is 3. The average molecular weight is 508 g/mol. The predicted octanol–water partition coefficient (Wildman–Crippen LogP) is -0.334. The van der Waals surface area contributed by atoms with Gasteiger partial charge in [-0.3, -0.25) is 0 Å². The fourth-order valence-corrected chi connectivity index (χ4v) is 5.20. The van der Waals surface area contributed by atoms with E-state index in [9.17, 15) is 40.9 Å². The molecule has 3 aliphatic heterocycles. The van der Waals surface area contributed by atoms with Gasteiger partial charge in [0.1, 0.15) is 30.5 Å². The summed E-state index contributed by atoms with van der Waals surface area (Å²) in [6.07, 6.45) is -9.37. The molecule has 196 valence electrons. The minimum Gasteiger partial charge on any atom is -0.504 e. The molecule has 0 spiro atoms. The zero-order valence-electron chi connectivity index (χ0n) is 19.1. The third-order valence-corrected chi connectivity index (χ3v) is 7.26. The van der Waals surface area contributed by atoms with Gasteiger partial charge >= 0.3 is 0 Å². The number of phenolic OH excluding ortho intramolecular Hbond substituents is 4. The maximum atomic E-state index is 12.0. The molecule has 0 saturated carbocycles. The molecule has 0 bridgehead atoms. The van der Waals surface area contributed by atoms with E-state index < -0.39 is 65.6 Å². The van der Waals surface area contributed by atoms with Crippen LogP contribution in [0.3, 0.4) is 0 Å². The molecule has 3 saturated heterocycles. The standard InChI is InChI=1S/C24H28O12/c1-10-17(29)18(30)19(31)22(35-10)36-24-9-34-20(11-2-4-13(25)15(27)6-11)23(24,32)8-33-21(24)12-3-5-14(26)16(28)7-12/h2-7,10,17-22,25-32H,8-9H2,1H3. The molecule has 36 heavy (non-hydrogen) atoms. The highest BCUT2D eigenvalue weighted by molar-refractivity contribution is 5.45. The molecule has 0 radical (unpaired) electrons. The Labute approximate surface area is 205 Å². The van der Waals surface area contributed by atoms with E-state index in [1.165, 1.54) is 43.3 Å². The lowest BCUT2D eigenvalue weighted by Crippen LogP contribution is -2.63. The van der Waals surface area contributed by atoms with Gasteiger partial charge in [-0.2, -0.15) is 0 Å². The van der Waals surface area contributed by atoms with E-state index in [0.717, 1.165) is 0 Å². The second kappa shape index (κ2) is 8.71. The first-order chi connectivity index (χ1) is 17.0. The number of fused-ring (bicyclic) bond motifs is 1. The monoisotopic (exact) mass is 508 g/mol. The van der Waals surface area contributed by atoms with Crippen LogP contribution in [0.15, 0.2) is 36.4 Å². The Balaban J connectivity index is 1.58. The summed E-state index contributed by atoms with van der Waals surface area (Å²) in [6, 6.07) is 7.82. The van der Waals surface area contributed by atoms with E-state index in [4.69, 9.17) is 18.9 Å². The zero-order chi connectivity index (χ0) is 26.0. The minimum atomic E-state index is -1.96. The van der Waals surface area contributed by atoms with Gasteiger partial charge in [-0.1, -0.05) is 12.1 Å². The molecule has 2 aromatic carbocycles. The van der Waals surface area contributed by atoms with Gasteiger partial charge in [0.2, 0.25) is 0 Å². The number of aromatic hydroxyl groups is 4. The summed E-state index contributed by atoms with van der Waals surface area (Å²) in [4.78, 5) is 0. The maximum Gasteiger partial charge on any atom is 0.187 e. The number of aliphatic hydroxyl groups is 4. The Morgan fingerprint density at radius 3 is 1.89 bits per heavy atom. The van der Waals surface area contributed by atoms with E-state index in [2.05, 4.69) is 0 Å². The SMILES string of the molecule is CC1OC(OC23COC(c4ccc(O)c(O)c4)C2(O)COC3c2ccc(O)c(O)c2)C(O)C(O)C1O. The van der Waals surface area contributed by atoms with Crippen LogP contribution < -0.4 is 0 Å². The molecule has 9 unspecified atom stereocenters. The first-order valence-electron chi connectivity index (χ1n) is 11.4. The lowest BCUT2D eigenvalue weighted by molar-refractivity contribution is -0.336. The summed E-state index contributed by atoms with van der Waals surface area (Å²) in [6.45, 7) is 0.810. The number of benzene rings is 2. The molecule has 3 aliphatic rings. The number of hydrogen-bond donors (Lipinski definition) is 8. The van der Waals surface area contributed by atoms with Crippen molar-refractivity contribution in [2.75, 3.05) is 13.2 Å². The predicted molar refractivity (Wildman–Crippen MR) is 118 cm³/mol. The number of ether oxygens (including phenoxy) is 4. The van der Waals surface area contributed by atoms with Crippen molar-refractivity contribution >= 4 is 0 Å². The molecule has 8 N–H and O–H groups in total. The van der Waals surface area contributed by atoms with E-state index in [0.29, 0.717) is 11.1 Å². The molecule has 5 rings (SSSR count). The molecule has 2 aromatic rings. The van der Waals surface area contributed by atoms with E-state index in [-0.39, 0.29) is 24.7 Å². The van der Waals surface area contributed by atoms with Gasteiger partial charge in [-0.15, -0.1) is 0 Å². The summed E-state index contributed by atoms with van der Waals surface area (Å²) < 4.78 is 23.8. The summed E-state index contributed by atoms with van der Waals surface area (Å²) in [5, 5.41) is 82.6. The topological polar surface area (TPSA) is 199 Å². The van der Waals surface area contributed by atoms with Crippen LogP contribution in [0.25, 0.3) is 0 Å². The summed E-state index contributed by atoms with van der Waals surface area (Å²) >= 11 is 0. The van der Waals surface area contributed by atoms with Crippen LogP contribution in [-0.4, -0.2) is 96.0 Å². The van der Waals surface area contributed by atoms with Crippen LogP contribution >= 0.6 is 0 Å². The Hall–Kier alpha value is -2.68. The highest BCUT2D eigenvalue weighted by atomic mass is 16.7. The Bertz CT molecular complexity index is 1140. The smallest absolute Gasteiger partial charge is 0.187 e. The molecule has 12 nitrogen and oxygen atoms in total. The normalized spacial score (nSPS) is 40.3. The van der Waals surface area contributed by atoms with E-state index in [1.54, 1.807) is 0 Å². The fourth-order valence-electron chi connectivity index (χ4n) is 5.20. The van der Waals surface area contributed by atoms with Crippen molar-refractivity contribution in [3.8, 4) is 23.0 Å². The third kappa shape index (κ3) is 3.61. The summed E-state index contributed by atoms with van der Waals surface area (Å²) in [5.74, 6) is -1.62. The zero-order valence-corrected chi connectivity index (χ0v) is 19.1. The number of phenols is 4. The van der Waals surface area contributed by atoms with Crippen molar-refractivity contribution in [3.63, 3.8) is 0 Å². The van der Waals surface area contributed by atoms with Crippen molar-refractivity contribution in [1.29, 1.82) is 0 Å². The first kappa shape index (κ1) is 25.0. The molecule has 0 aliphatic carbocycles. The first-order valence-corrected chi connectivity index (χ1v) is 11.4. The van der Waals surface area contributed by atoms with Crippen molar-refractivity contribution in [2.45, 2.75) is 61.0 Å². The Kier molecular flexibility index (Phi) is 6.05. The fraction of sp³-hybridized carbons (Fsp3) is 0.500. The quantitative estimate of drug-likeness (QED) is 0.251. The minimum absolute atomic E-state index is 0.296. The molecule has 3 heterocycles. The largest absolute Gasteiger partial charge is 0.504 e.